The summed E-state index contributed by atoms with van der Waals surface area (Å²) < 4.78 is 0. The van der Waals surface area contributed by atoms with E-state index in [1.165, 1.54) is 25.7 Å². The van der Waals surface area contributed by atoms with E-state index in [1.54, 1.807) is 0 Å². The molecule has 120 valence electrons. The smallest absolute Gasteiger partial charge is 0.240 e. The van der Waals surface area contributed by atoms with E-state index in [2.05, 4.69) is 24.2 Å². The fourth-order valence-corrected chi connectivity index (χ4v) is 4.86. The Bertz CT molecular complexity index is 385. The highest BCUT2D eigenvalue weighted by atomic mass is 16.2. The van der Waals surface area contributed by atoms with Gasteiger partial charge in [-0.1, -0.05) is 26.2 Å². The summed E-state index contributed by atoms with van der Waals surface area (Å²) in [5.74, 6) is 0.688. The van der Waals surface area contributed by atoms with Crippen molar-refractivity contribution in [1.29, 1.82) is 0 Å². The average molecular weight is 293 g/mol. The van der Waals surface area contributed by atoms with Crippen LogP contribution in [-0.4, -0.2) is 41.5 Å². The van der Waals surface area contributed by atoms with Crippen LogP contribution in [-0.2, 0) is 4.79 Å². The number of nitrogens with zero attached hydrogens (tertiary/aromatic N) is 1. The van der Waals surface area contributed by atoms with Gasteiger partial charge in [-0.2, -0.15) is 0 Å². The molecule has 1 amide bonds. The van der Waals surface area contributed by atoms with Crippen molar-refractivity contribution in [3.8, 4) is 0 Å². The molecule has 0 aromatic carbocycles. The van der Waals surface area contributed by atoms with E-state index in [0.717, 1.165) is 32.1 Å². The molecule has 2 saturated heterocycles. The van der Waals surface area contributed by atoms with Gasteiger partial charge in [-0.15, -0.1) is 0 Å². The minimum absolute atomic E-state index is 0.113. The number of rotatable bonds is 2. The zero-order chi connectivity index (χ0) is 15.0. The van der Waals surface area contributed by atoms with Crippen LogP contribution < -0.4 is 11.1 Å². The summed E-state index contributed by atoms with van der Waals surface area (Å²) in [5, 5.41) is 3.31. The van der Waals surface area contributed by atoms with Crippen LogP contribution >= 0.6 is 0 Å². The van der Waals surface area contributed by atoms with E-state index in [9.17, 15) is 4.79 Å². The normalized spacial score (nSPS) is 44.3. The number of nitrogens with two attached hydrogens (primary N) is 1. The molecule has 2 aliphatic heterocycles. The van der Waals surface area contributed by atoms with Crippen molar-refractivity contribution in [2.75, 3.05) is 7.05 Å². The lowest BCUT2D eigenvalue weighted by Gasteiger charge is -2.48. The van der Waals surface area contributed by atoms with Crippen LogP contribution in [0.3, 0.4) is 0 Å². The predicted octanol–water partition coefficient (Wildman–Crippen LogP) is 2.03. The molecule has 4 atom stereocenters. The molecule has 1 aliphatic carbocycles. The number of piperidine rings is 2. The second kappa shape index (κ2) is 5.88. The van der Waals surface area contributed by atoms with E-state index in [-0.39, 0.29) is 5.91 Å². The number of hydrogen-bond acceptors (Lipinski definition) is 3. The molecule has 21 heavy (non-hydrogen) atoms. The minimum atomic E-state index is -0.615. The van der Waals surface area contributed by atoms with E-state index < -0.39 is 5.54 Å². The molecule has 4 unspecified atom stereocenters. The predicted molar refractivity (Wildman–Crippen MR) is 84.9 cm³/mol. The second-order valence-electron chi connectivity index (χ2n) is 7.90. The van der Waals surface area contributed by atoms with E-state index in [1.807, 2.05) is 0 Å². The van der Waals surface area contributed by atoms with Gasteiger partial charge in [0.25, 0.3) is 0 Å². The summed E-state index contributed by atoms with van der Waals surface area (Å²) in [5.41, 5.74) is 5.82. The maximum absolute atomic E-state index is 12.7. The first-order valence-corrected chi connectivity index (χ1v) is 8.80. The number of nitrogens with one attached hydrogen (secondary N) is 1. The van der Waals surface area contributed by atoms with Gasteiger partial charge in [0.1, 0.15) is 0 Å². The van der Waals surface area contributed by atoms with Gasteiger partial charge in [0.15, 0.2) is 0 Å². The SMILES string of the molecule is CC1CCCC(N)(C(=O)NC2CC3CCCC(C2)N3C)C1. The molecule has 0 aromatic heterocycles. The summed E-state index contributed by atoms with van der Waals surface area (Å²) in [4.78, 5) is 15.2. The summed E-state index contributed by atoms with van der Waals surface area (Å²) in [6.45, 7) is 2.22. The average Bonchev–Trinajstić information content (AvgIpc) is 2.39. The first-order chi connectivity index (χ1) is 9.98. The zero-order valence-electron chi connectivity index (χ0n) is 13.6. The molecular formula is C17H31N3O. The highest BCUT2D eigenvalue weighted by Gasteiger charge is 2.41. The van der Waals surface area contributed by atoms with Crippen LogP contribution in [0.15, 0.2) is 0 Å². The zero-order valence-corrected chi connectivity index (χ0v) is 13.6. The quantitative estimate of drug-likeness (QED) is 0.819. The number of hydrogen-bond donors (Lipinski definition) is 2. The highest BCUT2D eigenvalue weighted by molar-refractivity contribution is 5.86. The monoisotopic (exact) mass is 293 g/mol. The maximum Gasteiger partial charge on any atom is 0.240 e. The number of amides is 1. The molecule has 0 radical (unpaired) electrons. The second-order valence-corrected chi connectivity index (χ2v) is 7.90. The van der Waals surface area contributed by atoms with Crippen molar-refractivity contribution in [3.63, 3.8) is 0 Å². The Kier molecular flexibility index (Phi) is 4.28. The van der Waals surface area contributed by atoms with Gasteiger partial charge < -0.3 is 16.0 Å². The third-order valence-corrected chi connectivity index (χ3v) is 6.16. The molecule has 3 aliphatic rings. The Morgan fingerprint density at radius 1 is 1.19 bits per heavy atom. The molecule has 3 N–H and O–H groups in total. The van der Waals surface area contributed by atoms with Gasteiger partial charge in [-0.3, -0.25) is 4.79 Å². The standard InChI is InChI=1S/C17H31N3O/c1-12-5-4-8-17(18,11-12)16(21)19-13-9-14-6-3-7-15(10-13)20(14)2/h12-15H,3-11,18H2,1-2H3,(H,19,21). The minimum Gasteiger partial charge on any atom is -0.352 e. The summed E-state index contributed by atoms with van der Waals surface area (Å²) in [6, 6.07) is 1.64. The Morgan fingerprint density at radius 3 is 2.48 bits per heavy atom. The highest BCUT2D eigenvalue weighted by Crippen LogP contribution is 2.34. The fourth-order valence-electron chi connectivity index (χ4n) is 4.86. The molecule has 4 nitrogen and oxygen atoms in total. The number of carbonyl (C=O) groups excluding carboxylic acids is 1. The topological polar surface area (TPSA) is 58.4 Å². The van der Waals surface area contributed by atoms with Crippen molar-refractivity contribution >= 4 is 5.91 Å². The van der Waals surface area contributed by atoms with E-state index in [4.69, 9.17) is 5.73 Å². The van der Waals surface area contributed by atoms with Crippen LogP contribution in [0.25, 0.3) is 0 Å². The Balaban J connectivity index is 1.60. The van der Waals surface area contributed by atoms with Crippen LogP contribution in [0.2, 0.25) is 0 Å². The molecule has 0 spiro atoms. The number of carbonyl (C=O) groups is 1. The largest absolute Gasteiger partial charge is 0.352 e. The molecule has 4 heteroatoms. The summed E-state index contributed by atoms with van der Waals surface area (Å²) >= 11 is 0. The summed E-state index contributed by atoms with van der Waals surface area (Å²) in [7, 11) is 2.25. The van der Waals surface area contributed by atoms with Crippen LogP contribution in [0.5, 0.6) is 0 Å². The fraction of sp³-hybridized carbons (Fsp3) is 0.941. The Morgan fingerprint density at radius 2 is 1.86 bits per heavy atom. The van der Waals surface area contributed by atoms with Gasteiger partial charge in [-0.25, -0.2) is 0 Å². The van der Waals surface area contributed by atoms with Crippen molar-refractivity contribution in [3.05, 3.63) is 0 Å². The first kappa shape index (κ1) is 15.3. The van der Waals surface area contributed by atoms with Gasteiger partial charge >= 0.3 is 0 Å². The van der Waals surface area contributed by atoms with Gasteiger partial charge in [0.2, 0.25) is 5.91 Å². The molecular weight excluding hydrogens is 262 g/mol. The molecule has 1 saturated carbocycles. The van der Waals surface area contributed by atoms with Gasteiger partial charge in [-0.05, 0) is 51.5 Å². The van der Waals surface area contributed by atoms with Crippen molar-refractivity contribution in [2.24, 2.45) is 11.7 Å². The third-order valence-electron chi connectivity index (χ3n) is 6.16. The van der Waals surface area contributed by atoms with Gasteiger partial charge in [0.05, 0.1) is 5.54 Å². The Hall–Kier alpha value is -0.610. The summed E-state index contributed by atoms with van der Waals surface area (Å²) in [6.07, 6.45) is 10.1. The third kappa shape index (κ3) is 3.11. The Labute approximate surface area is 128 Å². The molecule has 0 aromatic rings. The molecule has 3 fully saturated rings. The van der Waals surface area contributed by atoms with E-state index in [0.29, 0.717) is 24.0 Å². The lowest BCUT2D eigenvalue weighted by Crippen LogP contribution is -2.61. The lowest BCUT2D eigenvalue weighted by molar-refractivity contribution is -0.129. The van der Waals surface area contributed by atoms with Crippen molar-refractivity contribution < 1.29 is 4.79 Å². The van der Waals surface area contributed by atoms with Crippen LogP contribution in [0.1, 0.15) is 64.7 Å². The molecule has 3 rings (SSSR count). The van der Waals surface area contributed by atoms with Crippen molar-refractivity contribution in [1.82, 2.24) is 10.2 Å². The van der Waals surface area contributed by atoms with E-state index >= 15 is 0 Å². The van der Waals surface area contributed by atoms with Gasteiger partial charge in [0, 0.05) is 18.1 Å². The van der Waals surface area contributed by atoms with Crippen LogP contribution in [0.4, 0.5) is 0 Å². The van der Waals surface area contributed by atoms with Crippen molar-refractivity contribution in [2.45, 2.75) is 88.4 Å². The maximum atomic E-state index is 12.7. The number of fused-ring (bicyclic) bond motifs is 2. The van der Waals surface area contributed by atoms with Crippen LogP contribution in [0, 0.1) is 5.92 Å². The first-order valence-electron chi connectivity index (χ1n) is 8.80. The molecule has 2 bridgehead atoms. The molecule has 2 heterocycles. The lowest BCUT2D eigenvalue weighted by atomic mass is 9.76.